The molecule has 8 heteroatoms. The van der Waals surface area contributed by atoms with Gasteiger partial charge in [0, 0.05) is 25.4 Å². The van der Waals surface area contributed by atoms with Gasteiger partial charge in [-0.15, -0.1) is 18.7 Å². The summed E-state index contributed by atoms with van der Waals surface area (Å²) in [7, 11) is 1.56. The second kappa shape index (κ2) is 14.1. The predicted molar refractivity (Wildman–Crippen MR) is 97.2 cm³/mol. The van der Waals surface area contributed by atoms with Crippen LogP contribution >= 0.6 is 24.8 Å². The number of thiol groups is 1. The molecule has 1 rings (SSSR count). The van der Waals surface area contributed by atoms with Crippen molar-refractivity contribution in [1.29, 1.82) is 0 Å². The van der Waals surface area contributed by atoms with Crippen LogP contribution in [0.5, 0.6) is 5.75 Å². The van der Waals surface area contributed by atoms with Crippen molar-refractivity contribution in [3.63, 3.8) is 0 Å². The van der Waals surface area contributed by atoms with Gasteiger partial charge in [-0.3, -0.25) is 9.80 Å². The molecule has 1 amide bonds. The van der Waals surface area contributed by atoms with Crippen LogP contribution < -0.4 is 40.0 Å². The van der Waals surface area contributed by atoms with E-state index < -0.39 is 0 Å². The van der Waals surface area contributed by atoms with Crippen LogP contribution in [-0.4, -0.2) is 47.0 Å². The Labute approximate surface area is 172 Å². The first-order valence-corrected chi connectivity index (χ1v) is 7.87. The number of nitrogens with zero attached hydrogens (tertiary/aromatic N) is 2. The molecule has 0 aliphatic carbocycles. The van der Waals surface area contributed by atoms with E-state index in [4.69, 9.17) is 10.5 Å². The average Bonchev–Trinajstić information content (AvgIpc) is 2.51. The summed E-state index contributed by atoms with van der Waals surface area (Å²) >= 11 is 7.65. The third-order valence-corrected chi connectivity index (χ3v) is 2.88. The first kappa shape index (κ1) is 24.9. The van der Waals surface area contributed by atoms with Gasteiger partial charge in [-0.1, -0.05) is 26.1 Å². The summed E-state index contributed by atoms with van der Waals surface area (Å²) in [5, 5.41) is 3.76. The third kappa shape index (κ3) is 8.93. The summed E-state index contributed by atoms with van der Waals surface area (Å²) in [5.41, 5.74) is 5.28. The normalized spacial score (nSPS) is 9.30. The van der Waals surface area contributed by atoms with Gasteiger partial charge in [-0.25, -0.2) is 5.01 Å². The minimum absolute atomic E-state index is 0. The molecule has 0 heterocycles. The molecule has 2 N–H and O–H groups in total. The molecule has 0 unspecified atom stereocenters. The Morgan fingerprint density at radius 3 is 2.26 bits per heavy atom. The molecule has 1 aromatic rings. The number of methoxy groups -OCH3 is 1. The number of carbonyl (C=O) groups excluding carboxylic acids is 1. The monoisotopic (exact) mass is 365 g/mol. The van der Waals surface area contributed by atoms with Crippen molar-refractivity contribution in [2.75, 3.05) is 26.7 Å². The van der Waals surface area contributed by atoms with Gasteiger partial charge in [0.05, 0.1) is 7.11 Å². The van der Waals surface area contributed by atoms with Crippen molar-refractivity contribution in [1.82, 2.24) is 10.0 Å². The predicted octanol–water partition coefficient (Wildman–Crippen LogP) is -0.622. The van der Waals surface area contributed by atoms with E-state index in [1.165, 1.54) is 0 Å². The number of rotatable bonds is 6. The number of hydrazine groups is 1. The Kier molecular flexibility index (Phi) is 15.3. The molecule has 0 bridgehead atoms. The molecule has 1 aromatic carbocycles. The minimum atomic E-state index is -0.0351. The Hall–Kier alpha value is -0.310. The summed E-state index contributed by atoms with van der Waals surface area (Å²) in [6.07, 6.45) is 0. The smallest absolute Gasteiger partial charge is 0.553 e. The van der Waals surface area contributed by atoms with E-state index in [2.05, 4.69) is 30.9 Å². The first-order chi connectivity index (χ1) is 10.4. The van der Waals surface area contributed by atoms with E-state index in [0.29, 0.717) is 17.9 Å². The summed E-state index contributed by atoms with van der Waals surface area (Å²) in [4.78, 5) is 12.5. The van der Waals surface area contributed by atoms with Crippen LogP contribution in [0.3, 0.4) is 0 Å². The molecule has 124 valence electrons. The quantitative estimate of drug-likeness (QED) is 0.231. The third-order valence-electron chi connectivity index (χ3n) is 2.88. The van der Waals surface area contributed by atoms with E-state index in [0.717, 1.165) is 13.1 Å². The van der Waals surface area contributed by atoms with Gasteiger partial charge in [-0.05, 0) is 12.5 Å². The van der Waals surface area contributed by atoms with E-state index in [9.17, 15) is 4.79 Å². The molecule has 0 saturated heterocycles. The molecular weight excluding hydrogens is 341 g/mol. The van der Waals surface area contributed by atoms with Crippen molar-refractivity contribution in [2.45, 2.75) is 20.8 Å². The van der Waals surface area contributed by atoms with Gasteiger partial charge in [-0.2, -0.15) is 18.2 Å². The molecule has 0 atom stereocenters. The Balaban J connectivity index is 0. The van der Waals surface area contributed by atoms with Crippen molar-refractivity contribution in [3.05, 3.63) is 29.8 Å². The maximum Gasteiger partial charge on any atom is 1.00 e. The van der Waals surface area contributed by atoms with Crippen molar-refractivity contribution in [2.24, 2.45) is 5.73 Å². The molecule has 0 radical (unpaired) electrons. The fourth-order valence-corrected chi connectivity index (χ4v) is 1.94. The fraction of sp³-hybridized carbons (Fsp3) is 0.467. The second-order valence-electron chi connectivity index (χ2n) is 4.12. The summed E-state index contributed by atoms with van der Waals surface area (Å²) in [5.74, 6) is 0.528. The number of amides is 1. The van der Waals surface area contributed by atoms with Crippen molar-refractivity contribution < 1.29 is 39.1 Å². The SMILES string of the molecule is CCN(CC)N(CC)C(=O)c1cc[c-]cc1OC.NC(=S)S.[Na+]. The number of hydrogen-bond acceptors (Lipinski definition) is 4. The maximum atomic E-state index is 12.5. The van der Waals surface area contributed by atoms with Crippen LogP contribution in [0.4, 0.5) is 0 Å². The van der Waals surface area contributed by atoms with E-state index in [1.807, 2.05) is 25.8 Å². The number of thiocarbonyl (C=S) groups is 1. The molecule has 0 spiro atoms. The Morgan fingerprint density at radius 2 is 1.87 bits per heavy atom. The van der Waals surface area contributed by atoms with E-state index in [1.54, 1.807) is 30.3 Å². The Bertz CT molecular complexity index is 482. The van der Waals surface area contributed by atoms with E-state index >= 15 is 0 Å². The van der Waals surface area contributed by atoms with E-state index in [-0.39, 0.29) is 39.8 Å². The topological polar surface area (TPSA) is 58.8 Å². The molecule has 23 heavy (non-hydrogen) atoms. The molecule has 0 fully saturated rings. The summed E-state index contributed by atoms with van der Waals surface area (Å²) < 4.78 is 5.41. The van der Waals surface area contributed by atoms with Crippen LogP contribution in [0.2, 0.25) is 0 Å². The molecule has 5 nitrogen and oxygen atoms in total. The molecule has 0 aromatic heterocycles. The van der Waals surface area contributed by atoms with Gasteiger partial charge in [0.2, 0.25) is 5.91 Å². The van der Waals surface area contributed by atoms with Gasteiger partial charge in [0.15, 0.2) is 0 Å². The van der Waals surface area contributed by atoms with Crippen LogP contribution in [0.25, 0.3) is 0 Å². The molecule has 0 aliphatic heterocycles. The Morgan fingerprint density at radius 1 is 1.35 bits per heavy atom. The number of benzene rings is 1. The minimum Gasteiger partial charge on any atom is -0.553 e. The van der Waals surface area contributed by atoms with Gasteiger partial charge >= 0.3 is 29.6 Å². The van der Waals surface area contributed by atoms with Gasteiger partial charge < -0.3 is 10.5 Å². The second-order valence-corrected chi connectivity index (χ2v) is 5.35. The van der Waals surface area contributed by atoms with Crippen LogP contribution in [0.15, 0.2) is 18.2 Å². The molecular formula is C15H24N3NaO2S2. The van der Waals surface area contributed by atoms with Crippen LogP contribution in [0.1, 0.15) is 31.1 Å². The fourth-order valence-electron chi connectivity index (χ4n) is 1.94. The standard InChI is InChI=1S/C14H21N2O2.CH3NS2.Na/c1-5-15(6-2)16(7-3)14(17)12-10-8-9-11-13(12)18-4;2-1(3)4;/h8,10-11H,5-7H2,1-4H3;(H3,2,3,4);/q-1;;+1. The maximum absolute atomic E-state index is 12.5. The summed E-state index contributed by atoms with van der Waals surface area (Å²) in [6.45, 7) is 8.29. The molecule has 0 aliphatic rings. The average molecular weight is 366 g/mol. The number of hydrogen-bond donors (Lipinski definition) is 2. The van der Waals surface area contributed by atoms with Crippen molar-refractivity contribution >= 4 is 35.1 Å². The van der Waals surface area contributed by atoms with Gasteiger partial charge in [0.1, 0.15) is 4.32 Å². The van der Waals surface area contributed by atoms with Gasteiger partial charge in [0.25, 0.3) is 0 Å². The number of ether oxygens (including phenoxy) is 1. The van der Waals surface area contributed by atoms with Crippen LogP contribution in [0, 0.1) is 6.07 Å². The van der Waals surface area contributed by atoms with Crippen molar-refractivity contribution in [3.8, 4) is 5.75 Å². The first-order valence-electron chi connectivity index (χ1n) is 7.01. The number of carbonyl (C=O) groups is 1. The number of nitrogens with two attached hydrogens (primary N) is 1. The zero-order valence-electron chi connectivity index (χ0n) is 14.5. The zero-order chi connectivity index (χ0) is 17.1. The molecule has 0 saturated carbocycles. The zero-order valence-corrected chi connectivity index (χ0v) is 18.2. The summed E-state index contributed by atoms with van der Waals surface area (Å²) in [6, 6.07) is 8.07. The van der Waals surface area contributed by atoms with Crippen LogP contribution in [-0.2, 0) is 0 Å². The largest absolute Gasteiger partial charge is 1.00 e.